The van der Waals surface area contributed by atoms with Gasteiger partial charge in [0.05, 0.1) is 6.42 Å². The van der Waals surface area contributed by atoms with Crippen molar-refractivity contribution in [3.8, 4) is 0 Å². The lowest BCUT2D eigenvalue weighted by Gasteiger charge is -2.08. The second kappa shape index (κ2) is 4.89. The summed E-state index contributed by atoms with van der Waals surface area (Å²) in [6.45, 7) is 5.90. The monoisotopic (exact) mass is 248 g/mol. The Morgan fingerprint density at radius 2 is 2.12 bits per heavy atom. The zero-order chi connectivity index (χ0) is 12.4. The van der Waals surface area contributed by atoms with Crippen LogP contribution < -0.4 is 5.73 Å². The maximum Gasteiger partial charge on any atom is 0.135 e. The Bertz CT molecular complexity index is 519. The van der Waals surface area contributed by atoms with Crippen LogP contribution in [0, 0.1) is 13.8 Å². The van der Waals surface area contributed by atoms with E-state index in [0.29, 0.717) is 6.42 Å². The van der Waals surface area contributed by atoms with Gasteiger partial charge in [0.15, 0.2) is 0 Å². The highest BCUT2D eigenvalue weighted by Crippen LogP contribution is 2.15. The van der Waals surface area contributed by atoms with Gasteiger partial charge in [0, 0.05) is 34.6 Å². The Hall–Kier alpha value is -1.33. The van der Waals surface area contributed by atoms with Gasteiger partial charge in [-0.2, -0.15) is 0 Å². The Balaban J connectivity index is 2.20. The van der Waals surface area contributed by atoms with Gasteiger partial charge >= 0.3 is 0 Å². The molecule has 0 aliphatic carbocycles. The molecule has 2 N–H and O–H groups in total. The van der Waals surface area contributed by atoms with Crippen molar-refractivity contribution in [1.82, 2.24) is 15.0 Å². The zero-order valence-electron chi connectivity index (χ0n) is 10.3. The number of rotatable bonds is 3. The van der Waals surface area contributed by atoms with Crippen LogP contribution in [0.4, 0.5) is 0 Å². The van der Waals surface area contributed by atoms with Gasteiger partial charge in [-0.25, -0.2) is 15.0 Å². The van der Waals surface area contributed by atoms with Crippen LogP contribution in [-0.4, -0.2) is 15.0 Å². The molecule has 1 atom stereocenters. The van der Waals surface area contributed by atoms with Gasteiger partial charge in [-0.1, -0.05) is 0 Å². The minimum Gasteiger partial charge on any atom is -0.324 e. The van der Waals surface area contributed by atoms with Crippen LogP contribution in [0.3, 0.4) is 0 Å². The molecule has 4 nitrogen and oxygen atoms in total. The largest absolute Gasteiger partial charge is 0.324 e. The zero-order valence-corrected chi connectivity index (χ0v) is 11.1. The highest BCUT2D eigenvalue weighted by atomic mass is 32.1. The molecule has 2 aromatic rings. The molecule has 2 rings (SSSR count). The van der Waals surface area contributed by atoms with E-state index in [0.717, 1.165) is 27.8 Å². The number of nitrogens with two attached hydrogens (primary N) is 1. The lowest BCUT2D eigenvalue weighted by atomic mass is 10.1. The molecule has 0 aliphatic heterocycles. The number of hydrogen-bond acceptors (Lipinski definition) is 5. The SMILES string of the molecule is Cc1csc(Cc2ncc(C(C)N)c(C)n2)n1. The van der Waals surface area contributed by atoms with E-state index in [9.17, 15) is 0 Å². The highest BCUT2D eigenvalue weighted by molar-refractivity contribution is 7.09. The average Bonchev–Trinajstić information content (AvgIpc) is 2.63. The third kappa shape index (κ3) is 2.87. The molecule has 0 saturated carbocycles. The maximum atomic E-state index is 5.83. The summed E-state index contributed by atoms with van der Waals surface area (Å²) < 4.78 is 0. The lowest BCUT2D eigenvalue weighted by Crippen LogP contribution is -2.10. The topological polar surface area (TPSA) is 64.7 Å². The maximum absolute atomic E-state index is 5.83. The summed E-state index contributed by atoms with van der Waals surface area (Å²) in [6.07, 6.45) is 2.52. The van der Waals surface area contributed by atoms with E-state index in [4.69, 9.17) is 5.73 Å². The van der Waals surface area contributed by atoms with Crippen LogP contribution >= 0.6 is 11.3 Å². The van der Waals surface area contributed by atoms with Crippen LogP contribution in [0.5, 0.6) is 0 Å². The van der Waals surface area contributed by atoms with E-state index in [-0.39, 0.29) is 6.04 Å². The standard InChI is InChI=1S/C12H16N4S/c1-7-6-17-12(15-7)4-11-14-5-10(8(2)13)9(3)16-11/h5-6,8H,4,13H2,1-3H3. The van der Waals surface area contributed by atoms with Gasteiger partial charge in [-0.3, -0.25) is 0 Å². The molecular formula is C12H16N4S. The lowest BCUT2D eigenvalue weighted by molar-refractivity contribution is 0.776. The van der Waals surface area contributed by atoms with Crippen LogP contribution in [0.2, 0.25) is 0 Å². The van der Waals surface area contributed by atoms with Gasteiger partial charge < -0.3 is 5.73 Å². The molecule has 2 aromatic heterocycles. The fourth-order valence-corrected chi connectivity index (χ4v) is 2.44. The van der Waals surface area contributed by atoms with Crippen LogP contribution in [-0.2, 0) is 6.42 Å². The molecule has 0 aromatic carbocycles. The Labute approximate surface area is 105 Å². The fourth-order valence-electron chi connectivity index (χ4n) is 1.68. The minimum absolute atomic E-state index is 0.0221. The number of hydrogen-bond donors (Lipinski definition) is 1. The predicted octanol–water partition coefficient (Wildman–Crippen LogP) is 2.16. The normalized spacial score (nSPS) is 12.7. The molecule has 1 unspecified atom stereocenters. The second-order valence-corrected chi connectivity index (χ2v) is 5.12. The summed E-state index contributed by atoms with van der Waals surface area (Å²) >= 11 is 1.64. The Morgan fingerprint density at radius 3 is 2.65 bits per heavy atom. The van der Waals surface area contributed by atoms with Gasteiger partial charge in [-0.15, -0.1) is 11.3 Å². The van der Waals surface area contributed by atoms with Crippen molar-refractivity contribution in [2.75, 3.05) is 0 Å². The summed E-state index contributed by atoms with van der Waals surface area (Å²) in [6, 6.07) is -0.0221. The van der Waals surface area contributed by atoms with Crippen molar-refractivity contribution < 1.29 is 0 Å². The number of aryl methyl sites for hydroxylation is 2. The summed E-state index contributed by atoms with van der Waals surface area (Å²) in [5, 5.41) is 3.09. The van der Waals surface area contributed by atoms with Gasteiger partial charge in [-0.05, 0) is 20.8 Å². The smallest absolute Gasteiger partial charge is 0.135 e. The molecular weight excluding hydrogens is 232 g/mol. The molecule has 90 valence electrons. The summed E-state index contributed by atoms with van der Waals surface area (Å²) in [4.78, 5) is 13.2. The highest BCUT2D eigenvalue weighted by Gasteiger charge is 2.08. The first kappa shape index (κ1) is 12.1. The van der Waals surface area contributed by atoms with Crippen molar-refractivity contribution in [3.63, 3.8) is 0 Å². The van der Waals surface area contributed by atoms with Crippen molar-refractivity contribution in [2.45, 2.75) is 33.2 Å². The quantitative estimate of drug-likeness (QED) is 0.904. The first-order valence-electron chi connectivity index (χ1n) is 5.55. The van der Waals surface area contributed by atoms with E-state index in [1.54, 1.807) is 11.3 Å². The molecule has 0 bridgehead atoms. The summed E-state index contributed by atoms with van der Waals surface area (Å²) in [7, 11) is 0. The van der Waals surface area contributed by atoms with Crippen LogP contribution in [0.1, 0.15) is 40.7 Å². The van der Waals surface area contributed by atoms with Crippen LogP contribution in [0.15, 0.2) is 11.6 Å². The second-order valence-electron chi connectivity index (χ2n) is 4.18. The third-order valence-corrected chi connectivity index (χ3v) is 3.50. The van der Waals surface area contributed by atoms with Gasteiger partial charge in [0.2, 0.25) is 0 Å². The summed E-state index contributed by atoms with van der Waals surface area (Å²) in [5.41, 5.74) is 8.84. The Kier molecular flexibility index (Phi) is 3.49. The predicted molar refractivity (Wildman–Crippen MR) is 69.0 cm³/mol. The van der Waals surface area contributed by atoms with E-state index >= 15 is 0 Å². The molecule has 0 radical (unpaired) electrons. The van der Waals surface area contributed by atoms with Crippen molar-refractivity contribution in [3.05, 3.63) is 39.4 Å². The molecule has 0 fully saturated rings. The molecule has 5 heteroatoms. The van der Waals surface area contributed by atoms with E-state index in [1.807, 2.05) is 32.3 Å². The van der Waals surface area contributed by atoms with Crippen LogP contribution in [0.25, 0.3) is 0 Å². The third-order valence-electron chi connectivity index (χ3n) is 2.53. The van der Waals surface area contributed by atoms with Gasteiger partial charge in [0.1, 0.15) is 10.8 Å². The first-order valence-corrected chi connectivity index (χ1v) is 6.43. The first-order chi connectivity index (χ1) is 8.06. The van der Waals surface area contributed by atoms with Crippen molar-refractivity contribution in [1.29, 1.82) is 0 Å². The van der Waals surface area contributed by atoms with Gasteiger partial charge in [0.25, 0.3) is 0 Å². The number of aromatic nitrogens is 3. The Morgan fingerprint density at radius 1 is 1.35 bits per heavy atom. The molecule has 0 amide bonds. The van der Waals surface area contributed by atoms with Crippen molar-refractivity contribution >= 4 is 11.3 Å². The molecule has 0 aliphatic rings. The van der Waals surface area contributed by atoms with E-state index in [2.05, 4.69) is 15.0 Å². The molecule has 17 heavy (non-hydrogen) atoms. The summed E-state index contributed by atoms with van der Waals surface area (Å²) in [5.74, 6) is 0.807. The van der Waals surface area contributed by atoms with E-state index < -0.39 is 0 Å². The molecule has 0 saturated heterocycles. The average molecular weight is 248 g/mol. The minimum atomic E-state index is -0.0221. The molecule has 2 heterocycles. The van der Waals surface area contributed by atoms with Crippen molar-refractivity contribution in [2.24, 2.45) is 5.73 Å². The fraction of sp³-hybridized carbons (Fsp3) is 0.417. The van der Waals surface area contributed by atoms with E-state index in [1.165, 1.54) is 0 Å². The molecule has 0 spiro atoms. The number of thiazole rings is 1. The number of nitrogens with zero attached hydrogens (tertiary/aromatic N) is 3.